The zero-order valence-electron chi connectivity index (χ0n) is 12.3. The van der Waals surface area contributed by atoms with Gasteiger partial charge in [0.25, 0.3) is 0 Å². The van der Waals surface area contributed by atoms with Crippen LogP contribution in [-0.2, 0) is 0 Å². The van der Waals surface area contributed by atoms with Crippen LogP contribution < -0.4 is 10.6 Å². The topological polar surface area (TPSA) is 64.6 Å². The molecule has 0 aliphatic carbocycles. The van der Waals surface area contributed by atoms with E-state index in [9.17, 15) is 4.79 Å². The maximum atomic E-state index is 11.7. The lowest BCUT2D eigenvalue weighted by molar-refractivity contribution is 0.188. The van der Waals surface area contributed by atoms with Crippen molar-refractivity contribution in [2.24, 2.45) is 0 Å². The zero-order chi connectivity index (χ0) is 14.1. The second kappa shape index (κ2) is 9.15. The molecule has 0 aromatic carbocycles. The summed E-state index contributed by atoms with van der Waals surface area (Å²) in [5.74, 6) is 0. The summed E-state index contributed by atoms with van der Waals surface area (Å²) in [4.78, 5) is 14.2. The van der Waals surface area contributed by atoms with Gasteiger partial charge in [-0.25, -0.2) is 4.79 Å². The molecule has 1 aliphatic heterocycles. The third-order valence-electron chi connectivity index (χ3n) is 3.69. The molecule has 1 fully saturated rings. The normalized spacial score (nSPS) is 19.1. The first kappa shape index (κ1) is 16.2. The van der Waals surface area contributed by atoms with Crippen molar-refractivity contribution in [1.29, 1.82) is 0 Å². The van der Waals surface area contributed by atoms with E-state index < -0.39 is 0 Å². The molecular formula is C14H29N3O2. The van der Waals surface area contributed by atoms with Gasteiger partial charge in [0.2, 0.25) is 0 Å². The fourth-order valence-corrected chi connectivity index (χ4v) is 2.40. The molecule has 5 nitrogen and oxygen atoms in total. The molecule has 1 atom stereocenters. The SMILES string of the molecule is CCCCN1CCC(NC(=O)N[C@H](C)CCO)CC1. The van der Waals surface area contributed by atoms with E-state index in [-0.39, 0.29) is 18.7 Å². The highest BCUT2D eigenvalue weighted by Gasteiger charge is 2.20. The van der Waals surface area contributed by atoms with Crippen molar-refractivity contribution in [1.82, 2.24) is 15.5 Å². The first-order valence-electron chi connectivity index (χ1n) is 7.56. The number of aliphatic hydroxyl groups is 1. The summed E-state index contributed by atoms with van der Waals surface area (Å²) in [5.41, 5.74) is 0. The predicted octanol–water partition coefficient (Wildman–Crippen LogP) is 1.32. The Hall–Kier alpha value is -0.810. The maximum absolute atomic E-state index is 11.7. The largest absolute Gasteiger partial charge is 0.396 e. The Bertz CT molecular complexity index is 253. The van der Waals surface area contributed by atoms with Crippen LogP contribution in [0.4, 0.5) is 4.79 Å². The molecule has 3 N–H and O–H groups in total. The van der Waals surface area contributed by atoms with E-state index >= 15 is 0 Å². The van der Waals surface area contributed by atoms with E-state index in [1.54, 1.807) is 0 Å². The van der Waals surface area contributed by atoms with E-state index in [4.69, 9.17) is 5.11 Å². The standard InChI is InChI=1S/C14H29N3O2/c1-3-4-8-17-9-5-13(6-10-17)16-14(19)15-12(2)7-11-18/h12-13,18H,3-11H2,1-2H3,(H2,15,16,19)/t12-/m1/s1. The molecule has 112 valence electrons. The number of hydrogen-bond donors (Lipinski definition) is 3. The number of likely N-dealkylation sites (tertiary alicyclic amines) is 1. The molecule has 0 aromatic rings. The Balaban J connectivity index is 2.16. The third-order valence-corrected chi connectivity index (χ3v) is 3.69. The van der Waals surface area contributed by atoms with Crippen molar-refractivity contribution in [3.63, 3.8) is 0 Å². The number of piperidine rings is 1. The van der Waals surface area contributed by atoms with E-state index in [1.807, 2.05) is 6.92 Å². The molecule has 1 rings (SSSR count). The van der Waals surface area contributed by atoms with Gasteiger partial charge in [0.1, 0.15) is 0 Å². The fourth-order valence-electron chi connectivity index (χ4n) is 2.40. The Morgan fingerprint density at radius 3 is 2.68 bits per heavy atom. The minimum Gasteiger partial charge on any atom is -0.396 e. The van der Waals surface area contributed by atoms with Gasteiger partial charge in [-0.1, -0.05) is 13.3 Å². The number of hydrogen-bond acceptors (Lipinski definition) is 3. The quantitative estimate of drug-likeness (QED) is 0.654. The van der Waals surface area contributed by atoms with Gasteiger partial charge in [-0.2, -0.15) is 0 Å². The average molecular weight is 271 g/mol. The molecule has 1 aliphatic rings. The van der Waals surface area contributed by atoms with Crippen LogP contribution in [0.25, 0.3) is 0 Å². The minimum atomic E-state index is -0.104. The molecule has 0 spiro atoms. The number of aliphatic hydroxyl groups excluding tert-OH is 1. The van der Waals surface area contributed by atoms with Crippen LogP contribution in [0.5, 0.6) is 0 Å². The van der Waals surface area contributed by atoms with Crippen molar-refractivity contribution >= 4 is 6.03 Å². The molecule has 5 heteroatoms. The van der Waals surface area contributed by atoms with E-state index in [0.717, 1.165) is 25.9 Å². The van der Waals surface area contributed by atoms with Gasteiger partial charge in [-0.05, 0) is 39.2 Å². The van der Waals surface area contributed by atoms with E-state index in [0.29, 0.717) is 12.5 Å². The van der Waals surface area contributed by atoms with Crippen molar-refractivity contribution < 1.29 is 9.90 Å². The molecule has 1 saturated heterocycles. The summed E-state index contributed by atoms with van der Waals surface area (Å²) in [7, 11) is 0. The van der Waals surface area contributed by atoms with Crippen LogP contribution in [0.3, 0.4) is 0 Å². The molecule has 0 bridgehead atoms. The first-order valence-corrected chi connectivity index (χ1v) is 7.56. The molecule has 0 radical (unpaired) electrons. The van der Waals surface area contributed by atoms with Crippen molar-refractivity contribution in [2.45, 2.75) is 58.0 Å². The van der Waals surface area contributed by atoms with Gasteiger partial charge < -0.3 is 20.6 Å². The van der Waals surface area contributed by atoms with E-state index in [1.165, 1.54) is 19.4 Å². The Kier molecular flexibility index (Phi) is 7.82. The van der Waals surface area contributed by atoms with Gasteiger partial charge >= 0.3 is 6.03 Å². The lowest BCUT2D eigenvalue weighted by Gasteiger charge is -2.32. The summed E-state index contributed by atoms with van der Waals surface area (Å²) in [5, 5.41) is 14.7. The number of nitrogens with zero attached hydrogens (tertiary/aromatic N) is 1. The first-order chi connectivity index (χ1) is 9.15. The Morgan fingerprint density at radius 1 is 1.42 bits per heavy atom. The number of amides is 2. The molecular weight excluding hydrogens is 242 g/mol. The molecule has 19 heavy (non-hydrogen) atoms. The molecule has 2 amide bonds. The Labute approximate surface area is 116 Å². The second-order valence-corrected chi connectivity index (χ2v) is 5.50. The van der Waals surface area contributed by atoms with Crippen molar-refractivity contribution in [3.05, 3.63) is 0 Å². The average Bonchev–Trinajstić information content (AvgIpc) is 2.38. The molecule has 0 unspecified atom stereocenters. The molecule has 0 saturated carbocycles. The van der Waals surface area contributed by atoms with Crippen molar-refractivity contribution in [2.75, 3.05) is 26.2 Å². The third kappa shape index (κ3) is 6.78. The highest BCUT2D eigenvalue weighted by atomic mass is 16.3. The highest BCUT2D eigenvalue weighted by Crippen LogP contribution is 2.11. The number of nitrogens with one attached hydrogen (secondary N) is 2. The van der Waals surface area contributed by atoms with Crippen LogP contribution >= 0.6 is 0 Å². The second-order valence-electron chi connectivity index (χ2n) is 5.50. The number of unbranched alkanes of at least 4 members (excludes halogenated alkanes) is 1. The monoisotopic (exact) mass is 271 g/mol. The fraction of sp³-hybridized carbons (Fsp3) is 0.929. The highest BCUT2D eigenvalue weighted by molar-refractivity contribution is 5.74. The van der Waals surface area contributed by atoms with Gasteiger partial charge in [0.05, 0.1) is 0 Å². The summed E-state index contributed by atoms with van der Waals surface area (Å²) < 4.78 is 0. The smallest absolute Gasteiger partial charge is 0.315 e. The number of rotatable bonds is 7. The van der Waals surface area contributed by atoms with Gasteiger partial charge in [-0.15, -0.1) is 0 Å². The maximum Gasteiger partial charge on any atom is 0.315 e. The van der Waals surface area contributed by atoms with Crippen molar-refractivity contribution in [3.8, 4) is 0 Å². The number of carbonyl (C=O) groups is 1. The van der Waals surface area contributed by atoms with Crippen LogP contribution in [0.2, 0.25) is 0 Å². The van der Waals surface area contributed by atoms with E-state index in [2.05, 4.69) is 22.5 Å². The van der Waals surface area contributed by atoms with Crippen LogP contribution in [0, 0.1) is 0 Å². The van der Waals surface area contributed by atoms with Crippen LogP contribution in [0.1, 0.15) is 46.0 Å². The van der Waals surface area contributed by atoms with Crippen LogP contribution in [-0.4, -0.2) is 54.4 Å². The summed E-state index contributed by atoms with van der Waals surface area (Å²) in [6.07, 6.45) is 5.17. The molecule has 1 heterocycles. The van der Waals surface area contributed by atoms with Gasteiger partial charge in [0, 0.05) is 31.8 Å². The number of carbonyl (C=O) groups excluding carboxylic acids is 1. The van der Waals surface area contributed by atoms with Crippen LogP contribution in [0.15, 0.2) is 0 Å². The number of urea groups is 1. The summed E-state index contributed by atoms with van der Waals surface area (Å²) in [6, 6.07) is 0.210. The van der Waals surface area contributed by atoms with Gasteiger partial charge in [0.15, 0.2) is 0 Å². The van der Waals surface area contributed by atoms with Gasteiger partial charge in [-0.3, -0.25) is 0 Å². The Morgan fingerprint density at radius 2 is 2.11 bits per heavy atom. The lowest BCUT2D eigenvalue weighted by atomic mass is 10.0. The summed E-state index contributed by atoms with van der Waals surface area (Å²) >= 11 is 0. The lowest BCUT2D eigenvalue weighted by Crippen LogP contribution is -2.49. The minimum absolute atomic E-state index is 0.0228. The zero-order valence-corrected chi connectivity index (χ0v) is 12.3. The predicted molar refractivity (Wildman–Crippen MR) is 77.2 cm³/mol. The summed E-state index contributed by atoms with van der Waals surface area (Å²) in [6.45, 7) is 7.57. The molecule has 0 aromatic heterocycles.